The van der Waals surface area contributed by atoms with Gasteiger partial charge in [-0.05, 0) is 36.8 Å². The second kappa shape index (κ2) is 7.83. The van der Waals surface area contributed by atoms with E-state index in [1.165, 1.54) is 5.56 Å². The van der Waals surface area contributed by atoms with Crippen LogP contribution >= 0.6 is 0 Å². The van der Waals surface area contributed by atoms with Crippen molar-refractivity contribution in [1.29, 1.82) is 0 Å². The first-order valence-corrected chi connectivity index (χ1v) is 6.94. The molecule has 0 heterocycles. The van der Waals surface area contributed by atoms with E-state index in [0.29, 0.717) is 0 Å². The van der Waals surface area contributed by atoms with Crippen LogP contribution in [-0.4, -0.2) is 25.8 Å². The summed E-state index contributed by atoms with van der Waals surface area (Å²) in [7, 11) is 1.61. The minimum Gasteiger partial charge on any atom is -0.497 e. The third-order valence-electron chi connectivity index (χ3n) is 3.00. The number of hydrogen-bond acceptors (Lipinski definition) is 4. The van der Waals surface area contributed by atoms with Crippen LogP contribution in [0.3, 0.4) is 0 Å². The van der Waals surface area contributed by atoms with Crippen LogP contribution in [0.1, 0.15) is 11.1 Å². The number of anilines is 1. The van der Waals surface area contributed by atoms with Crippen molar-refractivity contribution in [2.24, 2.45) is 5.10 Å². The van der Waals surface area contributed by atoms with Crippen molar-refractivity contribution in [2.45, 2.75) is 6.92 Å². The first-order chi connectivity index (χ1) is 10.7. The zero-order valence-electron chi connectivity index (χ0n) is 12.7. The minimum atomic E-state index is -0.209. The van der Waals surface area contributed by atoms with E-state index >= 15 is 0 Å². The van der Waals surface area contributed by atoms with E-state index in [1.807, 2.05) is 55.5 Å². The topological polar surface area (TPSA) is 62.7 Å². The summed E-state index contributed by atoms with van der Waals surface area (Å²) in [6, 6.07) is 15.3. The van der Waals surface area contributed by atoms with Crippen LogP contribution in [0.2, 0.25) is 0 Å². The molecular formula is C17H19N3O2. The number of hydrazone groups is 1. The molecule has 2 rings (SSSR count). The Morgan fingerprint density at radius 1 is 1.23 bits per heavy atom. The van der Waals surface area contributed by atoms with E-state index < -0.39 is 0 Å². The van der Waals surface area contributed by atoms with E-state index in [0.717, 1.165) is 17.0 Å². The summed E-state index contributed by atoms with van der Waals surface area (Å²) in [6.45, 7) is 2.18. The van der Waals surface area contributed by atoms with Gasteiger partial charge in [-0.1, -0.05) is 29.8 Å². The lowest BCUT2D eigenvalue weighted by Crippen LogP contribution is -2.25. The predicted octanol–water partition coefficient (Wildman–Crippen LogP) is 2.57. The van der Waals surface area contributed by atoms with Crippen LogP contribution in [0.25, 0.3) is 0 Å². The molecule has 5 nitrogen and oxygen atoms in total. The van der Waals surface area contributed by atoms with Crippen molar-refractivity contribution in [3.63, 3.8) is 0 Å². The van der Waals surface area contributed by atoms with Gasteiger partial charge >= 0.3 is 0 Å². The number of hydrogen-bond donors (Lipinski definition) is 2. The monoisotopic (exact) mass is 297 g/mol. The van der Waals surface area contributed by atoms with Gasteiger partial charge in [0.1, 0.15) is 5.75 Å². The van der Waals surface area contributed by atoms with Gasteiger partial charge in [-0.15, -0.1) is 0 Å². The maximum Gasteiger partial charge on any atom is 0.259 e. The Kier molecular flexibility index (Phi) is 5.54. The largest absolute Gasteiger partial charge is 0.497 e. The highest BCUT2D eigenvalue weighted by molar-refractivity contribution is 5.84. The second-order valence-electron chi connectivity index (χ2n) is 4.79. The smallest absolute Gasteiger partial charge is 0.259 e. The Balaban J connectivity index is 1.79. The summed E-state index contributed by atoms with van der Waals surface area (Å²) >= 11 is 0. The number of aryl methyl sites for hydroxylation is 1. The average molecular weight is 297 g/mol. The van der Waals surface area contributed by atoms with Gasteiger partial charge in [0.25, 0.3) is 5.91 Å². The highest BCUT2D eigenvalue weighted by Crippen LogP contribution is 2.10. The molecule has 2 aromatic rings. The molecule has 0 aromatic heterocycles. The van der Waals surface area contributed by atoms with E-state index in [4.69, 9.17) is 4.74 Å². The highest BCUT2D eigenvalue weighted by atomic mass is 16.5. The summed E-state index contributed by atoms with van der Waals surface area (Å²) in [4.78, 5) is 11.7. The lowest BCUT2D eigenvalue weighted by molar-refractivity contribution is -0.119. The number of amides is 1. The molecule has 0 spiro atoms. The summed E-state index contributed by atoms with van der Waals surface area (Å²) in [5.74, 6) is 0.538. The fraction of sp³-hybridized carbons (Fsp3) is 0.176. The maximum atomic E-state index is 11.7. The molecule has 0 radical (unpaired) electrons. The third kappa shape index (κ3) is 4.94. The number of benzene rings is 2. The van der Waals surface area contributed by atoms with Crippen molar-refractivity contribution in [3.05, 3.63) is 59.7 Å². The van der Waals surface area contributed by atoms with E-state index in [9.17, 15) is 4.79 Å². The lowest BCUT2D eigenvalue weighted by atomic mass is 10.2. The molecule has 1 amide bonds. The molecule has 2 N–H and O–H groups in total. The fourth-order valence-electron chi connectivity index (χ4n) is 1.79. The number of nitrogens with zero attached hydrogens (tertiary/aromatic N) is 1. The number of ether oxygens (including phenoxy) is 1. The van der Waals surface area contributed by atoms with E-state index in [2.05, 4.69) is 15.8 Å². The first-order valence-electron chi connectivity index (χ1n) is 6.94. The number of rotatable bonds is 6. The molecule has 0 saturated heterocycles. The SMILES string of the molecule is COc1cccc(C=NNC(=O)CNc2ccc(C)cc2)c1. The summed E-state index contributed by atoms with van der Waals surface area (Å²) in [5.41, 5.74) is 5.41. The average Bonchev–Trinajstić information content (AvgIpc) is 2.54. The van der Waals surface area contributed by atoms with E-state index in [1.54, 1.807) is 13.3 Å². The Morgan fingerprint density at radius 3 is 2.73 bits per heavy atom. The zero-order valence-corrected chi connectivity index (χ0v) is 12.7. The van der Waals surface area contributed by atoms with Gasteiger partial charge in [-0.25, -0.2) is 5.43 Å². The van der Waals surface area contributed by atoms with Crippen LogP contribution in [-0.2, 0) is 4.79 Å². The Labute approximate surface area is 130 Å². The quantitative estimate of drug-likeness (QED) is 0.636. The summed E-state index contributed by atoms with van der Waals surface area (Å²) in [5, 5.41) is 6.96. The molecule has 2 aromatic carbocycles. The van der Waals surface area contributed by atoms with Gasteiger partial charge in [0.05, 0.1) is 19.9 Å². The molecule has 0 unspecified atom stereocenters. The summed E-state index contributed by atoms with van der Waals surface area (Å²) < 4.78 is 5.12. The molecule has 0 bridgehead atoms. The summed E-state index contributed by atoms with van der Waals surface area (Å²) in [6.07, 6.45) is 1.58. The van der Waals surface area contributed by atoms with Crippen LogP contribution in [0.4, 0.5) is 5.69 Å². The molecule has 22 heavy (non-hydrogen) atoms. The Bertz CT molecular complexity index is 651. The van der Waals surface area contributed by atoms with Crippen molar-refractivity contribution in [2.75, 3.05) is 19.0 Å². The van der Waals surface area contributed by atoms with Crippen molar-refractivity contribution in [3.8, 4) is 5.75 Å². The Hall–Kier alpha value is -2.82. The van der Waals surface area contributed by atoms with Gasteiger partial charge in [0.2, 0.25) is 0 Å². The number of nitrogens with one attached hydrogen (secondary N) is 2. The van der Waals surface area contributed by atoms with E-state index in [-0.39, 0.29) is 12.5 Å². The molecule has 0 aliphatic rings. The van der Waals surface area contributed by atoms with Crippen molar-refractivity contribution in [1.82, 2.24) is 5.43 Å². The molecular weight excluding hydrogens is 278 g/mol. The molecule has 0 aliphatic carbocycles. The van der Waals surface area contributed by atoms with Crippen LogP contribution in [0.5, 0.6) is 5.75 Å². The zero-order chi connectivity index (χ0) is 15.8. The van der Waals surface area contributed by atoms with Crippen LogP contribution in [0.15, 0.2) is 53.6 Å². The molecule has 0 aliphatic heterocycles. The molecule has 0 fully saturated rings. The predicted molar refractivity (Wildman–Crippen MR) is 88.4 cm³/mol. The van der Waals surface area contributed by atoms with Crippen molar-refractivity contribution >= 4 is 17.8 Å². The normalized spacial score (nSPS) is 10.5. The first kappa shape index (κ1) is 15.6. The van der Waals surface area contributed by atoms with Crippen LogP contribution in [0, 0.1) is 6.92 Å². The highest BCUT2D eigenvalue weighted by Gasteiger charge is 1.99. The Morgan fingerprint density at radius 2 is 2.00 bits per heavy atom. The standard InChI is InChI=1S/C17H19N3O2/c1-13-6-8-15(9-7-13)18-12-17(21)20-19-11-14-4-3-5-16(10-14)22-2/h3-11,18H,12H2,1-2H3,(H,20,21). The van der Waals surface area contributed by atoms with Gasteiger partial charge in [0.15, 0.2) is 0 Å². The van der Waals surface area contributed by atoms with Crippen molar-refractivity contribution < 1.29 is 9.53 Å². The molecule has 114 valence electrons. The van der Waals surface area contributed by atoms with Gasteiger partial charge in [-0.3, -0.25) is 4.79 Å². The van der Waals surface area contributed by atoms with Gasteiger partial charge in [0, 0.05) is 5.69 Å². The minimum absolute atomic E-state index is 0.165. The van der Waals surface area contributed by atoms with Gasteiger partial charge in [-0.2, -0.15) is 5.10 Å². The molecule has 0 saturated carbocycles. The number of carbonyl (C=O) groups is 1. The number of carbonyl (C=O) groups excluding carboxylic acids is 1. The second-order valence-corrected chi connectivity index (χ2v) is 4.79. The third-order valence-corrected chi connectivity index (χ3v) is 3.00. The number of methoxy groups -OCH3 is 1. The lowest BCUT2D eigenvalue weighted by Gasteiger charge is -2.05. The fourth-order valence-corrected chi connectivity index (χ4v) is 1.79. The van der Waals surface area contributed by atoms with Crippen LogP contribution < -0.4 is 15.5 Å². The molecule has 0 atom stereocenters. The molecule has 5 heteroatoms. The maximum absolute atomic E-state index is 11.7. The van der Waals surface area contributed by atoms with Gasteiger partial charge < -0.3 is 10.1 Å².